The zero-order valence-electron chi connectivity index (χ0n) is 19.4. The Kier molecular flexibility index (Phi) is 9.79. The topological polar surface area (TPSA) is 46.9 Å². The summed E-state index contributed by atoms with van der Waals surface area (Å²) in [5.74, 6) is 0.842. The quantitative estimate of drug-likeness (QED) is 0.244. The monoisotopic (exact) mass is 497 g/mol. The van der Waals surface area contributed by atoms with Gasteiger partial charge in [0.1, 0.15) is 5.82 Å². The average molecular weight is 499 g/mol. The number of rotatable bonds is 13. The molecule has 1 unspecified atom stereocenters. The number of carbonyl (C=O) groups is 1. The molecule has 32 heavy (non-hydrogen) atoms. The van der Waals surface area contributed by atoms with Crippen LogP contribution < -0.4 is 5.32 Å². The third-order valence-electron chi connectivity index (χ3n) is 5.99. The number of carbonyl (C=O) groups excluding carboxylic acids is 1. The Hall–Kier alpha value is -2.14. The van der Waals surface area contributed by atoms with E-state index in [9.17, 15) is 4.79 Å². The number of hydrogen-bond donors (Lipinski definition) is 1. The van der Waals surface area contributed by atoms with Crippen LogP contribution in [0.5, 0.6) is 0 Å². The Bertz CT molecular complexity index is 997. The minimum Gasteiger partial charge on any atom is -0.342 e. The van der Waals surface area contributed by atoms with Gasteiger partial charge in [0.25, 0.3) is 5.91 Å². The molecule has 172 valence electrons. The van der Waals surface area contributed by atoms with Crippen molar-refractivity contribution in [1.82, 2.24) is 14.9 Å². The van der Waals surface area contributed by atoms with Gasteiger partial charge in [-0.05, 0) is 43.7 Å². The highest BCUT2D eigenvalue weighted by atomic mass is 79.9. The Morgan fingerprint density at radius 1 is 0.969 bits per heavy atom. The molecule has 0 saturated carbocycles. The largest absolute Gasteiger partial charge is 0.342 e. The van der Waals surface area contributed by atoms with Gasteiger partial charge in [-0.3, -0.25) is 4.79 Å². The van der Waals surface area contributed by atoms with E-state index < -0.39 is 0 Å². The zero-order chi connectivity index (χ0) is 22.8. The van der Waals surface area contributed by atoms with E-state index in [-0.39, 0.29) is 11.9 Å². The van der Waals surface area contributed by atoms with Crippen LogP contribution in [0.15, 0.2) is 53.0 Å². The SMILES string of the molecule is CCCCCCCCCCCn1c(C(C)NC(=O)c2cccc(Br)c2)nc2ccccc21. The number of para-hydroxylation sites is 2. The van der Waals surface area contributed by atoms with Crippen molar-refractivity contribution in [3.05, 3.63) is 64.4 Å². The molecule has 0 aliphatic heterocycles. The van der Waals surface area contributed by atoms with Crippen molar-refractivity contribution in [1.29, 1.82) is 0 Å². The summed E-state index contributed by atoms with van der Waals surface area (Å²) in [5.41, 5.74) is 2.78. The van der Waals surface area contributed by atoms with E-state index in [2.05, 4.69) is 50.9 Å². The van der Waals surface area contributed by atoms with Crippen LogP contribution in [0.25, 0.3) is 11.0 Å². The summed E-state index contributed by atoms with van der Waals surface area (Å²) in [7, 11) is 0. The molecule has 0 aliphatic rings. The number of nitrogens with zero attached hydrogens (tertiary/aromatic N) is 2. The summed E-state index contributed by atoms with van der Waals surface area (Å²) in [6, 6.07) is 15.6. The van der Waals surface area contributed by atoms with Crippen molar-refractivity contribution in [3.8, 4) is 0 Å². The molecule has 0 spiro atoms. The van der Waals surface area contributed by atoms with Crippen molar-refractivity contribution in [2.45, 2.75) is 84.2 Å². The standard InChI is InChI=1S/C27H36BrN3O/c1-3-4-5-6-7-8-9-10-13-19-31-25-18-12-11-17-24(25)30-26(31)21(2)29-27(32)22-15-14-16-23(28)20-22/h11-12,14-18,20-21H,3-10,13,19H2,1-2H3,(H,29,32). The molecule has 0 radical (unpaired) electrons. The Morgan fingerprint density at radius 3 is 2.38 bits per heavy atom. The Morgan fingerprint density at radius 2 is 1.66 bits per heavy atom. The molecule has 0 aliphatic carbocycles. The molecule has 0 saturated heterocycles. The fourth-order valence-corrected chi connectivity index (χ4v) is 4.61. The predicted molar refractivity (Wildman–Crippen MR) is 137 cm³/mol. The van der Waals surface area contributed by atoms with Gasteiger partial charge in [0.2, 0.25) is 0 Å². The molecule has 4 nitrogen and oxygen atoms in total. The van der Waals surface area contributed by atoms with Gasteiger partial charge in [-0.25, -0.2) is 4.98 Å². The van der Waals surface area contributed by atoms with Crippen LogP contribution >= 0.6 is 15.9 Å². The lowest BCUT2D eigenvalue weighted by Gasteiger charge is -2.16. The molecule has 1 heterocycles. The van der Waals surface area contributed by atoms with E-state index in [1.165, 1.54) is 51.4 Å². The number of halogens is 1. The zero-order valence-corrected chi connectivity index (χ0v) is 21.0. The maximum atomic E-state index is 12.8. The van der Waals surface area contributed by atoms with Crippen molar-refractivity contribution >= 4 is 32.9 Å². The number of amides is 1. The van der Waals surface area contributed by atoms with Gasteiger partial charge < -0.3 is 9.88 Å². The summed E-state index contributed by atoms with van der Waals surface area (Å²) in [4.78, 5) is 17.6. The van der Waals surface area contributed by atoms with Crippen molar-refractivity contribution in [2.24, 2.45) is 0 Å². The van der Waals surface area contributed by atoms with E-state index in [0.717, 1.165) is 34.3 Å². The number of aromatic nitrogens is 2. The lowest BCUT2D eigenvalue weighted by molar-refractivity contribution is 0.0937. The first kappa shape index (κ1) is 24.5. The van der Waals surface area contributed by atoms with Gasteiger partial charge in [-0.1, -0.05) is 92.4 Å². The number of fused-ring (bicyclic) bond motifs is 1. The molecular weight excluding hydrogens is 462 g/mol. The summed E-state index contributed by atoms with van der Waals surface area (Å²) < 4.78 is 3.19. The number of unbranched alkanes of at least 4 members (excludes halogenated alkanes) is 8. The third-order valence-corrected chi connectivity index (χ3v) is 6.48. The molecule has 1 amide bonds. The van der Waals surface area contributed by atoms with Crippen LogP contribution in [0, 0.1) is 0 Å². The summed E-state index contributed by atoms with van der Waals surface area (Å²) in [6.07, 6.45) is 11.8. The van der Waals surface area contributed by atoms with Crippen LogP contribution in [0.2, 0.25) is 0 Å². The third kappa shape index (κ3) is 6.93. The van der Waals surface area contributed by atoms with Crippen molar-refractivity contribution in [2.75, 3.05) is 0 Å². The summed E-state index contributed by atoms with van der Waals surface area (Å²) in [6.45, 7) is 5.22. The number of nitrogens with one attached hydrogen (secondary N) is 1. The first-order valence-electron chi connectivity index (χ1n) is 12.1. The highest BCUT2D eigenvalue weighted by Crippen LogP contribution is 2.23. The molecule has 5 heteroatoms. The second kappa shape index (κ2) is 12.8. The number of aryl methyl sites for hydroxylation is 1. The number of hydrogen-bond acceptors (Lipinski definition) is 2. The molecule has 2 aromatic carbocycles. The molecule has 3 aromatic rings. The minimum atomic E-state index is -0.174. The van der Waals surface area contributed by atoms with Crippen LogP contribution in [0.1, 0.15) is 93.9 Å². The minimum absolute atomic E-state index is 0.0829. The molecular formula is C27H36BrN3O. The fourth-order valence-electron chi connectivity index (χ4n) is 4.21. The molecule has 0 fully saturated rings. The van der Waals surface area contributed by atoms with Gasteiger partial charge in [-0.2, -0.15) is 0 Å². The second-order valence-corrected chi connectivity index (χ2v) is 9.56. The maximum Gasteiger partial charge on any atom is 0.251 e. The van der Waals surface area contributed by atoms with Gasteiger partial charge >= 0.3 is 0 Å². The van der Waals surface area contributed by atoms with Gasteiger partial charge in [-0.15, -0.1) is 0 Å². The second-order valence-electron chi connectivity index (χ2n) is 8.64. The van der Waals surface area contributed by atoms with Gasteiger partial charge in [0, 0.05) is 16.6 Å². The van der Waals surface area contributed by atoms with E-state index in [1.807, 2.05) is 37.3 Å². The first-order chi connectivity index (χ1) is 15.6. The van der Waals surface area contributed by atoms with Gasteiger partial charge in [0.05, 0.1) is 17.1 Å². The average Bonchev–Trinajstić information content (AvgIpc) is 3.17. The van der Waals surface area contributed by atoms with Crippen molar-refractivity contribution < 1.29 is 4.79 Å². The lowest BCUT2D eigenvalue weighted by Crippen LogP contribution is -2.28. The highest BCUT2D eigenvalue weighted by Gasteiger charge is 2.19. The Balaban J connectivity index is 1.60. The number of imidazole rings is 1. The predicted octanol–water partition coefficient (Wildman–Crippen LogP) is 7.82. The fraction of sp³-hybridized carbons (Fsp3) is 0.481. The van der Waals surface area contributed by atoms with E-state index >= 15 is 0 Å². The first-order valence-corrected chi connectivity index (χ1v) is 12.9. The van der Waals surface area contributed by atoms with Gasteiger partial charge in [0.15, 0.2) is 0 Å². The van der Waals surface area contributed by atoms with Crippen LogP contribution in [-0.4, -0.2) is 15.5 Å². The van der Waals surface area contributed by atoms with E-state index in [1.54, 1.807) is 0 Å². The normalized spacial score (nSPS) is 12.2. The molecule has 1 N–H and O–H groups in total. The van der Waals surface area contributed by atoms with E-state index in [4.69, 9.17) is 4.98 Å². The summed E-state index contributed by atoms with van der Waals surface area (Å²) >= 11 is 3.44. The Labute approximate surface area is 200 Å². The molecule has 1 atom stereocenters. The summed E-state index contributed by atoms with van der Waals surface area (Å²) in [5, 5.41) is 3.13. The van der Waals surface area contributed by atoms with Crippen LogP contribution in [0.3, 0.4) is 0 Å². The molecule has 3 rings (SSSR count). The number of benzene rings is 2. The van der Waals surface area contributed by atoms with Crippen molar-refractivity contribution in [3.63, 3.8) is 0 Å². The van der Waals surface area contributed by atoms with Crippen LogP contribution in [-0.2, 0) is 6.54 Å². The lowest BCUT2D eigenvalue weighted by atomic mass is 10.1. The highest BCUT2D eigenvalue weighted by molar-refractivity contribution is 9.10. The molecule has 0 bridgehead atoms. The van der Waals surface area contributed by atoms with Crippen LogP contribution in [0.4, 0.5) is 0 Å². The smallest absolute Gasteiger partial charge is 0.251 e. The maximum absolute atomic E-state index is 12.8. The molecule has 1 aromatic heterocycles. The van der Waals surface area contributed by atoms with E-state index in [0.29, 0.717) is 5.56 Å².